The lowest BCUT2D eigenvalue weighted by Gasteiger charge is -2.05. The predicted molar refractivity (Wildman–Crippen MR) is 92.1 cm³/mol. The Balaban J connectivity index is 1.84. The summed E-state index contributed by atoms with van der Waals surface area (Å²) in [5, 5.41) is 2.67. The van der Waals surface area contributed by atoms with Crippen molar-refractivity contribution in [3.05, 3.63) is 59.7 Å². The smallest absolute Gasteiger partial charge is 0.221 e. The molecule has 0 heterocycles. The van der Waals surface area contributed by atoms with Gasteiger partial charge in [-0.15, -0.1) is 11.8 Å². The third-order valence-electron chi connectivity index (χ3n) is 3.01. The van der Waals surface area contributed by atoms with E-state index in [1.165, 1.54) is 6.92 Å². The summed E-state index contributed by atoms with van der Waals surface area (Å²) in [5.41, 5.74) is 8.87. The molecule has 114 valence electrons. The van der Waals surface area contributed by atoms with Crippen LogP contribution in [0.2, 0.25) is 0 Å². The first-order valence-corrected chi connectivity index (χ1v) is 8.03. The van der Waals surface area contributed by atoms with E-state index in [9.17, 15) is 9.59 Å². The summed E-state index contributed by atoms with van der Waals surface area (Å²) in [7, 11) is 0. The molecule has 0 aliphatic rings. The Hall–Kier alpha value is -2.27. The second-order valence-corrected chi connectivity index (χ2v) is 5.90. The average molecular weight is 314 g/mol. The molecule has 0 fully saturated rings. The van der Waals surface area contributed by atoms with Crippen LogP contribution in [0.5, 0.6) is 0 Å². The van der Waals surface area contributed by atoms with Crippen molar-refractivity contribution in [1.82, 2.24) is 0 Å². The van der Waals surface area contributed by atoms with Crippen molar-refractivity contribution in [2.75, 3.05) is 16.8 Å². The molecule has 0 saturated heterocycles. The summed E-state index contributed by atoms with van der Waals surface area (Å²) in [4.78, 5) is 23.0. The van der Waals surface area contributed by atoms with Crippen LogP contribution in [0.4, 0.5) is 11.4 Å². The van der Waals surface area contributed by atoms with Crippen molar-refractivity contribution in [3.8, 4) is 0 Å². The van der Waals surface area contributed by atoms with Gasteiger partial charge < -0.3 is 11.1 Å². The van der Waals surface area contributed by atoms with Gasteiger partial charge in [0.1, 0.15) is 0 Å². The van der Waals surface area contributed by atoms with Crippen molar-refractivity contribution in [1.29, 1.82) is 0 Å². The monoisotopic (exact) mass is 314 g/mol. The van der Waals surface area contributed by atoms with Crippen LogP contribution in [-0.2, 0) is 10.5 Å². The van der Waals surface area contributed by atoms with Gasteiger partial charge in [0.25, 0.3) is 0 Å². The number of hydrogen-bond donors (Lipinski definition) is 2. The number of benzene rings is 2. The summed E-state index contributed by atoms with van der Waals surface area (Å²) in [6, 6.07) is 14.6. The first-order chi connectivity index (χ1) is 10.5. The molecule has 3 N–H and O–H groups in total. The minimum Gasteiger partial charge on any atom is -0.399 e. The number of rotatable bonds is 6. The van der Waals surface area contributed by atoms with Crippen LogP contribution in [0.3, 0.4) is 0 Å². The van der Waals surface area contributed by atoms with Gasteiger partial charge in [-0.3, -0.25) is 9.59 Å². The zero-order valence-corrected chi connectivity index (χ0v) is 13.2. The molecule has 0 spiro atoms. The van der Waals surface area contributed by atoms with Crippen LogP contribution in [0, 0.1) is 0 Å². The highest BCUT2D eigenvalue weighted by molar-refractivity contribution is 7.99. The molecule has 2 rings (SSSR count). The molecule has 2 aromatic carbocycles. The number of carbonyl (C=O) groups excluding carboxylic acids is 2. The van der Waals surface area contributed by atoms with E-state index < -0.39 is 0 Å². The number of nitrogens with two attached hydrogens (primary N) is 1. The lowest BCUT2D eigenvalue weighted by Crippen LogP contribution is -2.07. The summed E-state index contributed by atoms with van der Waals surface area (Å²) in [6.45, 7) is 1.45. The van der Waals surface area contributed by atoms with Crippen molar-refractivity contribution in [3.63, 3.8) is 0 Å². The largest absolute Gasteiger partial charge is 0.399 e. The lowest BCUT2D eigenvalue weighted by molar-refractivity contribution is -0.114. The maximum absolute atomic E-state index is 12.1. The molecule has 0 aromatic heterocycles. The number of nitrogens with one attached hydrogen (secondary N) is 1. The normalized spacial score (nSPS) is 10.2. The topological polar surface area (TPSA) is 72.2 Å². The molecule has 1 amide bonds. The fraction of sp³-hybridized carbons (Fsp3) is 0.176. The van der Waals surface area contributed by atoms with Gasteiger partial charge in [-0.2, -0.15) is 0 Å². The van der Waals surface area contributed by atoms with Crippen molar-refractivity contribution < 1.29 is 9.59 Å². The van der Waals surface area contributed by atoms with Crippen LogP contribution in [0.15, 0.2) is 48.5 Å². The highest BCUT2D eigenvalue weighted by atomic mass is 32.2. The number of Topliss-reactive ketones (excluding diaryl/α,β-unsaturated/α-hetero) is 1. The molecule has 5 heteroatoms. The van der Waals surface area contributed by atoms with Crippen LogP contribution < -0.4 is 11.1 Å². The van der Waals surface area contributed by atoms with Gasteiger partial charge in [-0.05, 0) is 42.0 Å². The van der Waals surface area contributed by atoms with Crippen LogP contribution >= 0.6 is 11.8 Å². The molecule has 0 radical (unpaired) electrons. The summed E-state index contributed by atoms with van der Waals surface area (Å²) in [6.07, 6.45) is 0. The number of ketones is 1. The third kappa shape index (κ3) is 4.93. The summed E-state index contributed by atoms with van der Waals surface area (Å²) >= 11 is 1.57. The standard InChI is InChI=1S/C17H18N2O2S/c1-12(20)19-16-8-4-14(5-9-16)17(21)11-22-10-13-2-6-15(18)7-3-13/h2-9H,10-11,18H2,1H3,(H,19,20). The van der Waals surface area contributed by atoms with E-state index in [4.69, 9.17) is 5.73 Å². The molecule has 0 atom stereocenters. The van der Waals surface area contributed by atoms with Gasteiger partial charge in [0.05, 0.1) is 5.75 Å². The van der Waals surface area contributed by atoms with E-state index >= 15 is 0 Å². The van der Waals surface area contributed by atoms with Gasteiger partial charge in [-0.25, -0.2) is 0 Å². The fourth-order valence-corrected chi connectivity index (χ4v) is 2.78. The molecular formula is C17H18N2O2S. The van der Waals surface area contributed by atoms with Crippen molar-refractivity contribution >= 4 is 34.8 Å². The summed E-state index contributed by atoms with van der Waals surface area (Å²) < 4.78 is 0. The van der Waals surface area contributed by atoms with E-state index in [0.29, 0.717) is 17.0 Å². The van der Waals surface area contributed by atoms with Crippen LogP contribution in [0.25, 0.3) is 0 Å². The first kappa shape index (κ1) is 16.1. The quantitative estimate of drug-likeness (QED) is 0.633. The Morgan fingerprint density at radius 1 is 1.05 bits per heavy atom. The van der Waals surface area contributed by atoms with Gasteiger partial charge in [-0.1, -0.05) is 12.1 Å². The predicted octanol–water partition coefficient (Wildman–Crippen LogP) is 3.34. The lowest BCUT2D eigenvalue weighted by atomic mass is 10.1. The second kappa shape index (κ2) is 7.66. The molecule has 0 unspecified atom stereocenters. The Labute approximate surface area is 134 Å². The Morgan fingerprint density at radius 3 is 2.27 bits per heavy atom. The Bertz CT molecular complexity index is 651. The van der Waals surface area contributed by atoms with Gasteiger partial charge in [0.15, 0.2) is 5.78 Å². The van der Waals surface area contributed by atoms with E-state index in [0.717, 1.165) is 17.0 Å². The first-order valence-electron chi connectivity index (χ1n) is 6.87. The number of amides is 1. The SMILES string of the molecule is CC(=O)Nc1ccc(C(=O)CSCc2ccc(N)cc2)cc1. The Morgan fingerprint density at radius 2 is 1.68 bits per heavy atom. The molecular weight excluding hydrogens is 296 g/mol. The van der Waals surface area contributed by atoms with E-state index in [-0.39, 0.29) is 11.7 Å². The minimum absolute atomic E-state index is 0.0785. The van der Waals surface area contributed by atoms with Crippen molar-refractivity contribution in [2.45, 2.75) is 12.7 Å². The van der Waals surface area contributed by atoms with E-state index in [1.54, 1.807) is 36.0 Å². The number of carbonyl (C=O) groups is 2. The number of anilines is 2. The Kier molecular flexibility index (Phi) is 5.61. The van der Waals surface area contributed by atoms with Crippen molar-refractivity contribution in [2.24, 2.45) is 0 Å². The second-order valence-electron chi connectivity index (χ2n) is 4.92. The highest BCUT2D eigenvalue weighted by Crippen LogP contribution is 2.16. The molecule has 0 aliphatic carbocycles. The van der Waals surface area contributed by atoms with E-state index in [2.05, 4.69) is 5.32 Å². The van der Waals surface area contributed by atoms with Crippen LogP contribution in [-0.4, -0.2) is 17.4 Å². The molecule has 22 heavy (non-hydrogen) atoms. The number of thioether (sulfide) groups is 1. The van der Waals surface area contributed by atoms with Gasteiger partial charge >= 0.3 is 0 Å². The van der Waals surface area contributed by atoms with E-state index in [1.807, 2.05) is 24.3 Å². The molecule has 0 saturated carbocycles. The zero-order valence-electron chi connectivity index (χ0n) is 12.3. The van der Waals surface area contributed by atoms with Gasteiger partial charge in [0, 0.05) is 29.6 Å². The highest BCUT2D eigenvalue weighted by Gasteiger charge is 2.06. The molecule has 2 aromatic rings. The van der Waals surface area contributed by atoms with Crippen LogP contribution in [0.1, 0.15) is 22.8 Å². The molecule has 0 bridgehead atoms. The maximum Gasteiger partial charge on any atom is 0.221 e. The molecule has 0 aliphatic heterocycles. The summed E-state index contributed by atoms with van der Waals surface area (Å²) in [5.74, 6) is 1.15. The maximum atomic E-state index is 12.1. The number of hydrogen-bond acceptors (Lipinski definition) is 4. The minimum atomic E-state index is -0.127. The number of nitrogen functional groups attached to an aromatic ring is 1. The average Bonchev–Trinajstić information content (AvgIpc) is 2.49. The molecule has 4 nitrogen and oxygen atoms in total. The fourth-order valence-electron chi connectivity index (χ4n) is 1.90. The van der Waals surface area contributed by atoms with Gasteiger partial charge in [0.2, 0.25) is 5.91 Å². The zero-order chi connectivity index (χ0) is 15.9. The third-order valence-corrected chi connectivity index (χ3v) is 4.01.